The second-order valence-corrected chi connectivity index (χ2v) is 11.0. The molecule has 0 spiro atoms. The normalized spacial score (nSPS) is 12.5. The standard InChI is InChI=1S/C30H48N4O11/c1-30(2,3)45-29(40)33-23(21-44-17-16-43-15-14-42-13-12-41-11-7-10-25(31)35)19-26(36)32-20-27(37)34-24(28(38)39)18-22-8-5-4-6-9-22/h4-6,8-9,23-24H,7,10-21H2,1-3H3,(H2,31,35)(H,32,36)(H,33,40)(H,34,37)(H,38,39)/t23?,24-/m0/s1. The molecule has 0 aromatic heterocycles. The molecule has 0 fully saturated rings. The molecule has 6 N–H and O–H groups in total. The Bertz CT molecular complexity index is 1030. The van der Waals surface area contributed by atoms with Crippen LogP contribution in [0.3, 0.4) is 0 Å². The van der Waals surface area contributed by atoms with Crippen molar-refractivity contribution < 1.29 is 52.8 Å². The molecule has 4 amide bonds. The average Bonchev–Trinajstić information content (AvgIpc) is 2.95. The van der Waals surface area contributed by atoms with E-state index in [0.29, 0.717) is 39.5 Å². The summed E-state index contributed by atoms with van der Waals surface area (Å²) in [5.74, 6) is -2.79. The maximum Gasteiger partial charge on any atom is 0.407 e. The van der Waals surface area contributed by atoms with Gasteiger partial charge in [-0.2, -0.15) is 0 Å². The van der Waals surface area contributed by atoms with E-state index in [0.717, 1.165) is 5.56 Å². The van der Waals surface area contributed by atoms with E-state index in [1.54, 1.807) is 51.1 Å². The van der Waals surface area contributed by atoms with Crippen LogP contribution in [0.5, 0.6) is 0 Å². The SMILES string of the molecule is CC(C)(C)OC(=O)NC(COCCOCCOCCOCCCC(N)=O)CC(=O)NCC(=O)N[C@@H](Cc1ccccc1)C(=O)O. The lowest BCUT2D eigenvalue weighted by Gasteiger charge is -2.23. The second kappa shape index (κ2) is 22.7. The molecule has 0 aliphatic carbocycles. The van der Waals surface area contributed by atoms with Crippen LogP contribution in [0.2, 0.25) is 0 Å². The molecule has 254 valence electrons. The third kappa shape index (κ3) is 22.4. The van der Waals surface area contributed by atoms with Gasteiger partial charge in [0, 0.05) is 25.9 Å². The van der Waals surface area contributed by atoms with E-state index in [9.17, 15) is 29.1 Å². The van der Waals surface area contributed by atoms with Crippen molar-refractivity contribution in [2.24, 2.45) is 5.73 Å². The van der Waals surface area contributed by atoms with Gasteiger partial charge in [0.25, 0.3) is 0 Å². The smallest absolute Gasteiger partial charge is 0.407 e. The monoisotopic (exact) mass is 640 g/mol. The van der Waals surface area contributed by atoms with Gasteiger partial charge in [-0.15, -0.1) is 0 Å². The van der Waals surface area contributed by atoms with E-state index in [4.69, 9.17) is 29.4 Å². The number of nitrogens with one attached hydrogen (secondary N) is 3. The van der Waals surface area contributed by atoms with Crippen molar-refractivity contribution in [1.29, 1.82) is 0 Å². The number of carboxylic acids is 1. The number of rotatable bonds is 24. The zero-order valence-electron chi connectivity index (χ0n) is 26.3. The van der Waals surface area contributed by atoms with Crippen LogP contribution in [-0.2, 0) is 49.3 Å². The highest BCUT2D eigenvalue weighted by Gasteiger charge is 2.23. The van der Waals surface area contributed by atoms with Gasteiger partial charge in [0.05, 0.1) is 58.8 Å². The van der Waals surface area contributed by atoms with Crippen LogP contribution >= 0.6 is 0 Å². The summed E-state index contributed by atoms with van der Waals surface area (Å²) in [5.41, 5.74) is 5.03. The highest BCUT2D eigenvalue weighted by molar-refractivity contribution is 5.88. The number of alkyl carbamates (subject to hydrolysis) is 1. The summed E-state index contributed by atoms with van der Waals surface area (Å²) in [6.45, 7) is 6.91. The summed E-state index contributed by atoms with van der Waals surface area (Å²) in [5, 5.41) is 16.9. The molecule has 2 atom stereocenters. The van der Waals surface area contributed by atoms with Gasteiger partial charge >= 0.3 is 12.1 Å². The fourth-order valence-corrected chi connectivity index (χ4v) is 3.63. The molecule has 0 aliphatic heterocycles. The van der Waals surface area contributed by atoms with Gasteiger partial charge in [0.1, 0.15) is 11.6 Å². The maximum absolute atomic E-state index is 12.6. The molecular formula is C30H48N4O11. The summed E-state index contributed by atoms with van der Waals surface area (Å²) in [6.07, 6.45) is -0.0248. The summed E-state index contributed by atoms with van der Waals surface area (Å²) >= 11 is 0. The van der Waals surface area contributed by atoms with Crippen molar-refractivity contribution in [1.82, 2.24) is 16.0 Å². The number of hydrogen-bond acceptors (Lipinski definition) is 10. The van der Waals surface area contributed by atoms with Gasteiger partial charge in [-0.25, -0.2) is 9.59 Å². The van der Waals surface area contributed by atoms with Gasteiger partial charge < -0.3 is 50.5 Å². The number of ether oxygens (including phenoxy) is 5. The van der Waals surface area contributed by atoms with Crippen LogP contribution < -0.4 is 21.7 Å². The molecule has 0 bridgehead atoms. The molecule has 1 aromatic rings. The van der Waals surface area contributed by atoms with Crippen LogP contribution in [0.4, 0.5) is 4.79 Å². The minimum atomic E-state index is -1.20. The number of hydrogen-bond donors (Lipinski definition) is 5. The number of nitrogens with two attached hydrogens (primary N) is 1. The minimum absolute atomic E-state index is 0.0377. The molecule has 0 aliphatic rings. The number of carboxylic acid groups (broad SMARTS) is 1. The third-order valence-corrected chi connectivity index (χ3v) is 5.66. The third-order valence-electron chi connectivity index (χ3n) is 5.66. The Morgan fingerprint density at radius 2 is 1.40 bits per heavy atom. The van der Waals surface area contributed by atoms with Crippen molar-refractivity contribution in [2.45, 2.75) is 64.1 Å². The Morgan fingerprint density at radius 1 is 0.822 bits per heavy atom. The number of amides is 4. The number of primary amides is 1. The lowest BCUT2D eigenvalue weighted by atomic mass is 10.1. The zero-order chi connectivity index (χ0) is 33.5. The van der Waals surface area contributed by atoms with Crippen molar-refractivity contribution in [3.8, 4) is 0 Å². The highest BCUT2D eigenvalue weighted by Crippen LogP contribution is 2.08. The van der Waals surface area contributed by atoms with Crippen LogP contribution in [0.15, 0.2) is 30.3 Å². The fraction of sp³-hybridized carbons (Fsp3) is 0.633. The summed E-state index contributed by atoms with van der Waals surface area (Å²) in [7, 11) is 0. The first-order valence-electron chi connectivity index (χ1n) is 14.8. The van der Waals surface area contributed by atoms with E-state index in [2.05, 4.69) is 16.0 Å². The molecule has 45 heavy (non-hydrogen) atoms. The number of aliphatic carboxylic acids is 1. The van der Waals surface area contributed by atoms with Crippen LogP contribution in [0, 0.1) is 0 Å². The Kier molecular flexibility index (Phi) is 19.8. The van der Waals surface area contributed by atoms with E-state index in [1.807, 2.05) is 0 Å². The zero-order valence-corrected chi connectivity index (χ0v) is 26.3. The summed E-state index contributed by atoms with van der Waals surface area (Å²) in [6, 6.07) is 6.89. The molecule has 1 rings (SSSR count). The van der Waals surface area contributed by atoms with E-state index < -0.39 is 48.1 Å². The maximum atomic E-state index is 12.6. The first kappa shape index (κ1) is 39.2. The van der Waals surface area contributed by atoms with Crippen molar-refractivity contribution in [3.63, 3.8) is 0 Å². The van der Waals surface area contributed by atoms with Gasteiger partial charge in [0.2, 0.25) is 17.7 Å². The molecule has 15 heteroatoms. The average molecular weight is 641 g/mol. The summed E-state index contributed by atoms with van der Waals surface area (Å²) in [4.78, 5) is 59.5. The van der Waals surface area contributed by atoms with Gasteiger partial charge in [-0.3, -0.25) is 14.4 Å². The van der Waals surface area contributed by atoms with Gasteiger partial charge in [0.15, 0.2) is 0 Å². The van der Waals surface area contributed by atoms with Gasteiger partial charge in [-0.05, 0) is 32.8 Å². The van der Waals surface area contributed by atoms with Crippen LogP contribution in [-0.4, -0.2) is 112 Å². The minimum Gasteiger partial charge on any atom is -0.480 e. The number of carbonyl (C=O) groups is 5. The number of benzene rings is 1. The quantitative estimate of drug-likeness (QED) is 0.0983. The first-order chi connectivity index (χ1) is 21.4. The molecule has 1 aromatic carbocycles. The molecule has 1 unspecified atom stereocenters. The molecule has 0 heterocycles. The second-order valence-electron chi connectivity index (χ2n) is 11.0. The molecule has 0 saturated carbocycles. The van der Waals surface area contributed by atoms with E-state index in [1.165, 1.54) is 0 Å². The lowest BCUT2D eigenvalue weighted by molar-refractivity contribution is -0.141. The molecular weight excluding hydrogens is 592 g/mol. The topological polar surface area (TPSA) is 214 Å². The van der Waals surface area contributed by atoms with Crippen LogP contribution in [0.25, 0.3) is 0 Å². The highest BCUT2D eigenvalue weighted by atomic mass is 16.6. The molecule has 0 saturated heterocycles. The number of carbonyl (C=O) groups excluding carboxylic acids is 4. The predicted octanol–water partition coefficient (Wildman–Crippen LogP) is 0.530. The largest absolute Gasteiger partial charge is 0.480 e. The van der Waals surface area contributed by atoms with Crippen molar-refractivity contribution >= 4 is 29.8 Å². The van der Waals surface area contributed by atoms with E-state index in [-0.39, 0.29) is 45.0 Å². The fourth-order valence-electron chi connectivity index (χ4n) is 3.63. The van der Waals surface area contributed by atoms with Crippen molar-refractivity contribution in [3.05, 3.63) is 35.9 Å². The lowest BCUT2D eigenvalue weighted by Crippen LogP contribution is -2.48. The Balaban J connectivity index is 2.38. The summed E-state index contributed by atoms with van der Waals surface area (Å²) < 4.78 is 27.0. The molecule has 15 nitrogen and oxygen atoms in total. The molecule has 0 radical (unpaired) electrons. The Hall–Kier alpha value is -3.79. The Labute approximate surface area is 263 Å². The van der Waals surface area contributed by atoms with Crippen molar-refractivity contribution in [2.75, 3.05) is 59.4 Å². The first-order valence-corrected chi connectivity index (χ1v) is 14.8. The van der Waals surface area contributed by atoms with Gasteiger partial charge in [-0.1, -0.05) is 30.3 Å². The predicted molar refractivity (Wildman–Crippen MR) is 162 cm³/mol. The van der Waals surface area contributed by atoms with Crippen LogP contribution in [0.1, 0.15) is 45.6 Å². The Morgan fingerprint density at radius 3 is 1.96 bits per heavy atom. The van der Waals surface area contributed by atoms with E-state index >= 15 is 0 Å².